The van der Waals surface area contributed by atoms with Crippen molar-refractivity contribution < 1.29 is 31.9 Å². The maximum absolute atomic E-state index is 13.7. The largest absolute Gasteiger partial charge is 0.480 e. The minimum atomic E-state index is -4.70. The van der Waals surface area contributed by atoms with Crippen molar-refractivity contribution >= 4 is 27.9 Å². The van der Waals surface area contributed by atoms with Gasteiger partial charge in [0.2, 0.25) is 0 Å². The van der Waals surface area contributed by atoms with Crippen molar-refractivity contribution in [1.29, 1.82) is 0 Å². The van der Waals surface area contributed by atoms with E-state index in [0.29, 0.717) is 16.4 Å². The van der Waals surface area contributed by atoms with Crippen LogP contribution in [0.25, 0.3) is 21.9 Å². The smallest absolute Gasteiger partial charge is 0.407 e. The molecule has 0 aliphatic rings. The monoisotopic (exact) mass is 397 g/mol. The highest BCUT2D eigenvalue weighted by molar-refractivity contribution is 6.05. The first kappa shape index (κ1) is 20.1. The number of alkyl halides is 3. The Bertz CT molecular complexity index is 1010. The van der Waals surface area contributed by atoms with E-state index < -0.39 is 30.0 Å². The number of hydrogen-bond donors (Lipinski definition) is 2. The van der Waals surface area contributed by atoms with Crippen molar-refractivity contribution in [2.24, 2.45) is 5.92 Å². The van der Waals surface area contributed by atoms with Gasteiger partial charge < -0.3 is 9.52 Å². The van der Waals surface area contributed by atoms with Gasteiger partial charge in [0.05, 0.1) is 0 Å². The highest BCUT2D eigenvalue weighted by atomic mass is 19.4. The molecule has 1 heterocycles. The lowest BCUT2D eigenvalue weighted by atomic mass is 9.99. The molecule has 3 aromatic rings. The number of hydrogen-bond acceptors (Lipinski definition) is 3. The maximum atomic E-state index is 13.7. The van der Waals surface area contributed by atoms with E-state index in [9.17, 15) is 27.5 Å². The molecule has 0 amide bonds. The number of rotatable bonds is 6. The second-order valence-corrected chi connectivity index (χ2v) is 7.16. The SMILES string of the molecule is CC(C)C[C@H](N[C@@H](c1ccc2oc3cc(F)ccc3c2c1)C(F)(F)F)C(=O)O. The van der Waals surface area contributed by atoms with E-state index in [2.05, 4.69) is 5.32 Å². The molecule has 28 heavy (non-hydrogen) atoms. The second-order valence-electron chi connectivity index (χ2n) is 7.16. The standard InChI is InChI=1S/C20H19F4NO3/c1-10(2)7-15(19(26)27)25-18(20(22,23)24)11-3-6-16-14(8-11)13-5-4-12(21)9-17(13)28-16/h3-6,8-10,15,18,25H,7H2,1-2H3,(H,26,27)/t15-,18-/m0/s1. The number of carboxylic acids is 1. The van der Waals surface area contributed by atoms with Gasteiger partial charge >= 0.3 is 12.1 Å². The summed E-state index contributed by atoms with van der Waals surface area (Å²) in [5, 5.41) is 12.4. The summed E-state index contributed by atoms with van der Waals surface area (Å²) in [5.74, 6) is -1.95. The summed E-state index contributed by atoms with van der Waals surface area (Å²) >= 11 is 0. The third-order valence-corrected chi connectivity index (χ3v) is 4.49. The van der Waals surface area contributed by atoms with Crippen LogP contribution >= 0.6 is 0 Å². The fourth-order valence-electron chi connectivity index (χ4n) is 3.24. The van der Waals surface area contributed by atoms with E-state index >= 15 is 0 Å². The van der Waals surface area contributed by atoms with Gasteiger partial charge in [-0.25, -0.2) is 4.39 Å². The predicted octanol–water partition coefficient (Wildman–Crippen LogP) is 5.42. The lowest BCUT2D eigenvalue weighted by Gasteiger charge is -2.26. The third-order valence-electron chi connectivity index (χ3n) is 4.49. The molecule has 8 heteroatoms. The average molecular weight is 397 g/mol. The minimum Gasteiger partial charge on any atom is -0.480 e. The highest BCUT2D eigenvalue weighted by Gasteiger charge is 2.43. The van der Waals surface area contributed by atoms with Crippen molar-refractivity contribution in [2.45, 2.75) is 38.5 Å². The zero-order chi connectivity index (χ0) is 20.6. The van der Waals surface area contributed by atoms with Crippen molar-refractivity contribution in [2.75, 3.05) is 0 Å². The Morgan fingerprint density at radius 2 is 1.82 bits per heavy atom. The summed E-state index contributed by atoms with van der Waals surface area (Å²) in [7, 11) is 0. The number of benzene rings is 2. The van der Waals surface area contributed by atoms with Gasteiger partial charge in [-0.3, -0.25) is 10.1 Å². The summed E-state index contributed by atoms with van der Waals surface area (Å²) in [5.41, 5.74) is 0.413. The van der Waals surface area contributed by atoms with Crippen LogP contribution in [-0.2, 0) is 4.79 Å². The molecule has 150 valence electrons. The molecule has 0 unspecified atom stereocenters. The van der Waals surface area contributed by atoms with Crippen LogP contribution in [0.3, 0.4) is 0 Å². The normalized spacial score (nSPS) is 14.7. The van der Waals surface area contributed by atoms with E-state index in [0.717, 1.165) is 6.07 Å². The van der Waals surface area contributed by atoms with E-state index in [1.807, 2.05) is 0 Å². The minimum absolute atomic E-state index is 0.0536. The van der Waals surface area contributed by atoms with Crippen LogP contribution in [-0.4, -0.2) is 23.3 Å². The van der Waals surface area contributed by atoms with Crippen LogP contribution in [0.5, 0.6) is 0 Å². The lowest BCUT2D eigenvalue weighted by molar-refractivity contribution is -0.163. The molecule has 4 nitrogen and oxygen atoms in total. The Morgan fingerprint density at radius 3 is 2.43 bits per heavy atom. The molecule has 1 aromatic heterocycles. The fraction of sp³-hybridized carbons (Fsp3) is 0.350. The fourth-order valence-corrected chi connectivity index (χ4v) is 3.24. The Balaban J connectivity index is 2.06. The molecule has 0 aliphatic heterocycles. The van der Waals surface area contributed by atoms with Gasteiger partial charge in [0.15, 0.2) is 0 Å². The van der Waals surface area contributed by atoms with Crippen molar-refractivity contribution in [3.05, 3.63) is 47.8 Å². The van der Waals surface area contributed by atoms with Gasteiger partial charge in [0, 0.05) is 16.8 Å². The molecule has 2 aromatic carbocycles. The molecule has 0 radical (unpaired) electrons. The summed E-state index contributed by atoms with van der Waals surface area (Å²) < 4.78 is 60.1. The molecule has 3 rings (SSSR count). The summed E-state index contributed by atoms with van der Waals surface area (Å²) in [6.45, 7) is 3.48. The van der Waals surface area contributed by atoms with E-state index in [1.165, 1.54) is 30.3 Å². The first-order valence-corrected chi connectivity index (χ1v) is 8.73. The molecular weight excluding hydrogens is 378 g/mol. The number of fused-ring (bicyclic) bond motifs is 3. The molecule has 2 N–H and O–H groups in total. The highest BCUT2D eigenvalue weighted by Crippen LogP contribution is 2.37. The number of furan rings is 1. The van der Waals surface area contributed by atoms with Crippen molar-refractivity contribution in [1.82, 2.24) is 5.32 Å². The molecule has 2 atom stereocenters. The zero-order valence-electron chi connectivity index (χ0n) is 15.2. The van der Waals surface area contributed by atoms with E-state index in [1.54, 1.807) is 13.8 Å². The van der Waals surface area contributed by atoms with Gasteiger partial charge in [-0.1, -0.05) is 19.9 Å². The molecule has 0 spiro atoms. The molecular formula is C20H19F4NO3. The number of carbonyl (C=O) groups is 1. The Labute approximate surface area is 158 Å². The maximum Gasteiger partial charge on any atom is 0.407 e. The van der Waals surface area contributed by atoms with Crippen molar-refractivity contribution in [3.63, 3.8) is 0 Å². The van der Waals surface area contributed by atoms with Gasteiger partial charge in [-0.05, 0) is 42.2 Å². The van der Waals surface area contributed by atoms with Crippen LogP contribution in [0.4, 0.5) is 17.6 Å². The van der Waals surface area contributed by atoms with Gasteiger partial charge in [0.25, 0.3) is 0 Å². The average Bonchev–Trinajstić information content (AvgIpc) is 2.93. The van der Waals surface area contributed by atoms with Crippen LogP contribution in [0, 0.1) is 11.7 Å². The summed E-state index contributed by atoms with van der Waals surface area (Å²) in [6.07, 6.45) is -4.65. The summed E-state index contributed by atoms with van der Waals surface area (Å²) in [6, 6.07) is 4.21. The Kier molecular flexibility index (Phi) is 5.34. The van der Waals surface area contributed by atoms with Crippen LogP contribution in [0.1, 0.15) is 31.9 Å². The van der Waals surface area contributed by atoms with Crippen molar-refractivity contribution in [3.8, 4) is 0 Å². The number of nitrogens with one attached hydrogen (secondary N) is 1. The number of aliphatic carboxylic acids is 1. The van der Waals surface area contributed by atoms with E-state index in [4.69, 9.17) is 4.42 Å². The Hall–Kier alpha value is -2.61. The first-order valence-electron chi connectivity index (χ1n) is 8.73. The van der Waals surface area contributed by atoms with Crippen LogP contribution < -0.4 is 5.32 Å². The quantitative estimate of drug-likeness (QED) is 0.546. The van der Waals surface area contributed by atoms with Gasteiger partial charge in [0.1, 0.15) is 29.1 Å². The first-order chi connectivity index (χ1) is 13.1. The molecule has 0 aliphatic carbocycles. The summed E-state index contributed by atoms with van der Waals surface area (Å²) in [4.78, 5) is 11.4. The van der Waals surface area contributed by atoms with Gasteiger partial charge in [-0.2, -0.15) is 13.2 Å². The molecule has 0 bridgehead atoms. The number of carboxylic acid groups (broad SMARTS) is 1. The topological polar surface area (TPSA) is 62.5 Å². The van der Waals surface area contributed by atoms with Gasteiger partial charge in [-0.15, -0.1) is 0 Å². The lowest BCUT2D eigenvalue weighted by Crippen LogP contribution is -2.45. The second kappa shape index (κ2) is 7.43. The zero-order valence-corrected chi connectivity index (χ0v) is 15.2. The molecule has 0 saturated heterocycles. The Morgan fingerprint density at radius 1 is 1.11 bits per heavy atom. The predicted molar refractivity (Wildman–Crippen MR) is 96.5 cm³/mol. The molecule has 0 saturated carbocycles. The molecule has 0 fully saturated rings. The van der Waals surface area contributed by atoms with E-state index in [-0.39, 0.29) is 23.5 Å². The third kappa shape index (κ3) is 4.11. The van der Waals surface area contributed by atoms with Crippen LogP contribution in [0.2, 0.25) is 0 Å². The van der Waals surface area contributed by atoms with Crippen LogP contribution in [0.15, 0.2) is 40.8 Å². The number of halogens is 4.